The minimum atomic E-state index is -0.767. The molecule has 0 fully saturated rings. The van der Waals surface area contributed by atoms with Gasteiger partial charge in [0, 0.05) is 0 Å². The number of nitrogens with one attached hydrogen (secondary N) is 2. The van der Waals surface area contributed by atoms with E-state index in [9.17, 15) is 9.59 Å². The summed E-state index contributed by atoms with van der Waals surface area (Å²) in [6, 6.07) is 13.2. The van der Waals surface area contributed by atoms with E-state index in [2.05, 4.69) is 47.6 Å². The topological polar surface area (TPSA) is 76.7 Å². The zero-order valence-electron chi connectivity index (χ0n) is 17.3. The van der Waals surface area contributed by atoms with Crippen LogP contribution in [0.4, 0.5) is 0 Å². The lowest BCUT2D eigenvalue weighted by atomic mass is 9.87. The van der Waals surface area contributed by atoms with Crippen molar-refractivity contribution < 1.29 is 19.1 Å². The maximum Gasteiger partial charge on any atom is 0.279 e. The summed E-state index contributed by atoms with van der Waals surface area (Å²) in [5, 5.41) is 0. The Balaban J connectivity index is 1.81. The molecule has 0 saturated heterocycles. The molecule has 29 heavy (non-hydrogen) atoms. The molecule has 2 aromatic carbocycles. The van der Waals surface area contributed by atoms with Crippen LogP contribution in [0, 0.1) is 6.92 Å². The van der Waals surface area contributed by atoms with Gasteiger partial charge in [0.1, 0.15) is 11.5 Å². The van der Waals surface area contributed by atoms with Crippen LogP contribution in [0.3, 0.4) is 0 Å². The lowest BCUT2D eigenvalue weighted by Crippen LogP contribution is -2.48. The van der Waals surface area contributed by atoms with Gasteiger partial charge < -0.3 is 9.47 Å². The molecule has 2 rings (SSSR count). The number of hydrogen-bond acceptors (Lipinski definition) is 4. The quantitative estimate of drug-likeness (QED) is 0.634. The first-order valence-electron chi connectivity index (χ1n) is 9.31. The van der Waals surface area contributed by atoms with Gasteiger partial charge in [0.2, 0.25) is 0 Å². The summed E-state index contributed by atoms with van der Waals surface area (Å²) < 4.78 is 11.9. The molecule has 0 spiro atoms. The van der Waals surface area contributed by atoms with Crippen molar-refractivity contribution in [2.24, 2.45) is 0 Å². The Kier molecular flexibility index (Phi) is 7.67. The van der Waals surface area contributed by atoms with Crippen molar-refractivity contribution in [3.05, 3.63) is 58.1 Å². The Morgan fingerprint density at radius 2 is 1.76 bits per heavy atom. The van der Waals surface area contributed by atoms with Crippen LogP contribution in [0.15, 0.2) is 46.9 Å². The van der Waals surface area contributed by atoms with Crippen molar-refractivity contribution in [3.8, 4) is 11.5 Å². The van der Waals surface area contributed by atoms with Crippen molar-refractivity contribution in [2.75, 3.05) is 6.61 Å². The number of hydrazine groups is 1. The molecular weight excluding hydrogens is 436 g/mol. The number of carbonyl (C=O) groups excluding carboxylic acids is 2. The van der Waals surface area contributed by atoms with E-state index < -0.39 is 17.9 Å². The highest BCUT2D eigenvalue weighted by Crippen LogP contribution is 2.31. The second-order valence-corrected chi connectivity index (χ2v) is 8.60. The minimum Gasteiger partial charge on any atom is -0.483 e. The van der Waals surface area contributed by atoms with E-state index in [1.807, 2.05) is 43.3 Å². The van der Waals surface area contributed by atoms with E-state index in [0.29, 0.717) is 11.5 Å². The van der Waals surface area contributed by atoms with Crippen molar-refractivity contribution in [1.82, 2.24) is 10.9 Å². The average Bonchev–Trinajstić information content (AvgIpc) is 2.66. The van der Waals surface area contributed by atoms with E-state index in [1.165, 1.54) is 0 Å². The summed E-state index contributed by atoms with van der Waals surface area (Å²) >= 11 is 3.47. The number of aryl methyl sites for hydroxylation is 1. The van der Waals surface area contributed by atoms with Gasteiger partial charge in [-0.1, -0.05) is 45.0 Å². The first-order valence-corrected chi connectivity index (χ1v) is 10.1. The van der Waals surface area contributed by atoms with Gasteiger partial charge in [-0.25, -0.2) is 0 Å². The normalized spacial score (nSPS) is 12.1. The predicted molar refractivity (Wildman–Crippen MR) is 116 cm³/mol. The number of amides is 2. The largest absolute Gasteiger partial charge is 0.483 e. The van der Waals surface area contributed by atoms with Crippen LogP contribution in [0.1, 0.15) is 38.8 Å². The molecule has 0 radical (unpaired) electrons. The maximum absolute atomic E-state index is 12.1. The molecule has 0 aliphatic heterocycles. The molecule has 156 valence electrons. The third kappa shape index (κ3) is 6.78. The third-order valence-electron chi connectivity index (χ3n) is 4.25. The molecule has 0 heterocycles. The van der Waals surface area contributed by atoms with Crippen LogP contribution >= 0.6 is 15.9 Å². The lowest BCUT2D eigenvalue weighted by Gasteiger charge is -2.20. The Bertz CT molecular complexity index is 877. The zero-order valence-corrected chi connectivity index (χ0v) is 18.9. The number of halogens is 1. The van der Waals surface area contributed by atoms with E-state index in [4.69, 9.17) is 9.47 Å². The molecular formula is C22H27BrN2O4. The highest BCUT2D eigenvalue weighted by Gasteiger charge is 2.17. The highest BCUT2D eigenvalue weighted by atomic mass is 79.9. The summed E-state index contributed by atoms with van der Waals surface area (Å²) in [5.74, 6) is 0.231. The van der Waals surface area contributed by atoms with Gasteiger partial charge in [0.05, 0.1) is 4.47 Å². The van der Waals surface area contributed by atoms with Crippen molar-refractivity contribution in [2.45, 2.75) is 46.1 Å². The van der Waals surface area contributed by atoms with E-state index in [-0.39, 0.29) is 12.0 Å². The third-order valence-corrected chi connectivity index (χ3v) is 4.87. The summed E-state index contributed by atoms with van der Waals surface area (Å²) in [4.78, 5) is 24.1. The molecule has 2 aromatic rings. The fourth-order valence-corrected chi connectivity index (χ4v) is 2.92. The number of hydrogen-bond donors (Lipinski definition) is 2. The van der Waals surface area contributed by atoms with E-state index in [0.717, 1.165) is 15.6 Å². The minimum absolute atomic E-state index is 0.0137. The number of para-hydroxylation sites is 1. The SMILES string of the molecule is Cc1ccccc1OC(C)C(=O)NNC(=O)COc1ccc(C(C)(C)C)cc1Br. The molecule has 6 nitrogen and oxygen atoms in total. The fourth-order valence-electron chi connectivity index (χ4n) is 2.43. The maximum atomic E-state index is 12.1. The van der Waals surface area contributed by atoms with Gasteiger partial charge in [-0.15, -0.1) is 0 Å². The van der Waals surface area contributed by atoms with Crippen molar-refractivity contribution >= 4 is 27.7 Å². The van der Waals surface area contributed by atoms with Gasteiger partial charge >= 0.3 is 0 Å². The molecule has 7 heteroatoms. The second-order valence-electron chi connectivity index (χ2n) is 7.75. The summed E-state index contributed by atoms with van der Waals surface area (Å²) in [5.41, 5.74) is 6.76. The van der Waals surface area contributed by atoms with Gasteiger partial charge in [0.25, 0.3) is 11.8 Å². The van der Waals surface area contributed by atoms with Gasteiger partial charge in [-0.2, -0.15) is 0 Å². The van der Waals surface area contributed by atoms with Crippen LogP contribution < -0.4 is 20.3 Å². The molecule has 2 amide bonds. The Labute approximate surface area is 180 Å². The van der Waals surface area contributed by atoms with E-state index >= 15 is 0 Å². The zero-order chi connectivity index (χ0) is 21.6. The van der Waals surface area contributed by atoms with Crippen LogP contribution in [0.5, 0.6) is 11.5 Å². The van der Waals surface area contributed by atoms with Crippen LogP contribution in [0.25, 0.3) is 0 Å². The number of benzene rings is 2. The van der Waals surface area contributed by atoms with Crippen LogP contribution in [0.2, 0.25) is 0 Å². The number of ether oxygens (including phenoxy) is 2. The molecule has 2 N–H and O–H groups in total. The number of rotatable bonds is 6. The smallest absolute Gasteiger partial charge is 0.279 e. The average molecular weight is 463 g/mol. The molecule has 0 saturated carbocycles. The van der Waals surface area contributed by atoms with E-state index in [1.54, 1.807) is 13.0 Å². The second kappa shape index (κ2) is 9.78. The standard InChI is InChI=1S/C22H27BrN2O4/c1-14-8-6-7-9-18(14)29-15(2)21(27)25-24-20(26)13-28-19-11-10-16(12-17(19)23)22(3,4)5/h6-12,15H,13H2,1-5H3,(H,24,26)(H,25,27). The molecule has 0 aliphatic rings. The summed E-state index contributed by atoms with van der Waals surface area (Å²) in [6.45, 7) is 9.63. The Morgan fingerprint density at radius 3 is 2.38 bits per heavy atom. The molecule has 0 bridgehead atoms. The monoisotopic (exact) mass is 462 g/mol. The lowest BCUT2D eigenvalue weighted by molar-refractivity contribution is -0.133. The summed E-state index contributed by atoms with van der Waals surface area (Å²) in [6.07, 6.45) is -0.767. The predicted octanol–water partition coefficient (Wildman–Crippen LogP) is 4.05. The molecule has 1 atom stereocenters. The Morgan fingerprint density at radius 1 is 1.07 bits per heavy atom. The molecule has 1 unspecified atom stereocenters. The first-order chi connectivity index (χ1) is 13.6. The molecule has 0 aromatic heterocycles. The first kappa shape index (κ1) is 22.7. The van der Waals surface area contributed by atoms with Gasteiger partial charge in [-0.3, -0.25) is 20.4 Å². The van der Waals surface area contributed by atoms with Crippen LogP contribution in [-0.4, -0.2) is 24.5 Å². The van der Waals surface area contributed by atoms with Crippen LogP contribution in [-0.2, 0) is 15.0 Å². The highest BCUT2D eigenvalue weighted by molar-refractivity contribution is 9.10. The van der Waals surface area contributed by atoms with Crippen molar-refractivity contribution in [3.63, 3.8) is 0 Å². The summed E-state index contributed by atoms with van der Waals surface area (Å²) in [7, 11) is 0. The fraction of sp³-hybridized carbons (Fsp3) is 0.364. The molecule has 0 aliphatic carbocycles. The van der Waals surface area contributed by atoms with Gasteiger partial charge in [-0.05, 0) is 64.5 Å². The van der Waals surface area contributed by atoms with Crippen molar-refractivity contribution in [1.29, 1.82) is 0 Å². The van der Waals surface area contributed by atoms with Gasteiger partial charge in [0.15, 0.2) is 12.7 Å². The Hall–Kier alpha value is -2.54. The number of carbonyl (C=O) groups is 2.